The number of carbonyl (C=O) groups excluding carboxylic acids is 1. The van der Waals surface area contributed by atoms with Crippen LogP contribution in [0.1, 0.15) is 38.2 Å². The standard InChI is InChI=1S/C20H24F3N7O2/c1-9(2)15-17(31)28-14-10(3)26-19(29-16(14)30(15)4)27-11-5-12(6-11)32-13-7-24-18(25-8-13)20(21,22)23/h7-9,11-12,15H,5-6H2,1-4H3,(H,28,31)(H,26,27,29)/t11-,12-,15-/m0/s1. The van der Waals surface area contributed by atoms with E-state index < -0.39 is 12.0 Å². The molecule has 0 saturated heterocycles. The van der Waals surface area contributed by atoms with Crippen molar-refractivity contribution in [2.75, 3.05) is 22.6 Å². The molecule has 9 nitrogen and oxygen atoms in total. The Labute approximate surface area is 182 Å². The monoisotopic (exact) mass is 451 g/mol. The highest BCUT2D eigenvalue weighted by Gasteiger charge is 2.37. The first-order valence-corrected chi connectivity index (χ1v) is 10.3. The zero-order valence-corrected chi connectivity index (χ0v) is 18.1. The fourth-order valence-corrected chi connectivity index (χ4v) is 3.96. The number of aryl methyl sites for hydroxylation is 1. The molecule has 0 spiro atoms. The van der Waals surface area contributed by atoms with Crippen LogP contribution in [0, 0.1) is 12.8 Å². The summed E-state index contributed by atoms with van der Waals surface area (Å²) in [5.41, 5.74) is 1.27. The first kappa shape index (κ1) is 22.0. The molecular weight excluding hydrogens is 427 g/mol. The number of alkyl halides is 3. The highest BCUT2D eigenvalue weighted by molar-refractivity contribution is 6.03. The number of rotatable bonds is 5. The van der Waals surface area contributed by atoms with E-state index >= 15 is 0 Å². The number of likely N-dealkylation sites (N-methyl/N-ethyl adjacent to an activating group) is 1. The van der Waals surface area contributed by atoms with Crippen molar-refractivity contribution in [1.29, 1.82) is 0 Å². The van der Waals surface area contributed by atoms with Crippen LogP contribution in [0.15, 0.2) is 12.4 Å². The molecule has 32 heavy (non-hydrogen) atoms. The number of halogens is 3. The zero-order valence-electron chi connectivity index (χ0n) is 18.1. The van der Waals surface area contributed by atoms with Gasteiger partial charge in [0, 0.05) is 25.9 Å². The van der Waals surface area contributed by atoms with Crippen molar-refractivity contribution in [1.82, 2.24) is 19.9 Å². The molecule has 1 amide bonds. The summed E-state index contributed by atoms with van der Waals surface area (Å²) in [5, 5.41) is 6.18. The Morgan fingerprint density at radius 2 is 1.88 bits per heavy atom. The lowest BCUT2D eigenvalue weighted by Crippen LogP contribution is -2.50. The Balaban J connectivity index is 1.37. The number of hydrogen-bond donors (Lipinski definition) is 2. The van der Waals surface area contributed by atoms with Gasteiger partial charge in [-0.05, 0) is 12.8 Å². The van der Waals surface area contributed by atoms with Gasteiger partial charge in [-0.25, -0.2) is 15.0 Å². The number of amides is 1. The summed E-state index contributed by atoms with van der Waals surface area (Å²) in [4.78, 5) is 30.0. The molecule has 0 radical (unpaired) electrons. The van der Waals surface area contributed by atoms with Crippen molar-refractivity contribution in [3.8, 4) is 5.75 Å². The molecule has 1 fully saturated rings. The SMILES string of the molecule is Cc1nc(N[C@H]2C[C@H](Oc3cnc(C(F)(F)F)nc3)C2)nc2c1NC(=O)[C@H](C(C)C)N2C. The molecule has 0 unspecified atom stereocenters. The predicted octanol–water partition coefficient (Wildman–Crippen LogP) is 3.03. The van der Waals surface area contributed by atoms with Crippen molar-refractivity contribution in [3.05, 3.63) is 23.9 Å². The van der Waals surface area contributed by atoms with Crippen LogP contribution in [-0.2, 0) is 11.0 Å². The van der Waals surface area contributed by atoms with Crippen molar-refractivity contribution < 1.29 is 22.7 Å². The van der Waals surface area contributed by atoms with E-state index in [1.54, 1.807) is 0 Å². The van der Waals surface area contributed by atoms with E-state index in [4.69, 9.17) is 4.74 Å². The van der Waals surface area contributed by atoms with Gasteiger partial charge in [-0.15, -0.1) is 0 Å². The lowest BCUT2D eigenvalue weighted by Gasteiger charge is -2.38. The number of nitrogens with zero attached hydrogens (tertiary/aromatic N) is 5. The van der Waals surface area contributed by atoms with E-state index in [0.717, 1.165) is 12.4 Å². The van der Waals surface area contributed by atoms with Gasteiger partial charge in [0.25, 0.3) is 0 Å². The van der Waals surface area contributed by atoms with Gasteiger partial charge < -0.3 is 20.3 Å². The van der Waals surface area contributed by atoms with Gasteiger partial charge in [0.05, 0.1) is 18.1 Å². The summed E-state index contributed by atoms with van der Waals surface area (Å²) >= 11 is 0. The van der Waals surface area contributed by atoms with Crippen molar-refractivity contribution in [2.45, 2.75) is 58.0 Å². The van der Waals surface area contributed by atoms with Crippen molar-refractivity contribution >= 4 is 23.4 Å². The molecule has 172 valence electrons. The van der Waals surface area contributed by atoms with Crippen molar-refractivity contribution in [3.63, 3.8) is 0 Å². The Bertz CT molecular complexity index is 1010. The van der Waals surface area contributed by atoms with Gasteiger partial charge in [-0.1, -0.05) is 13.8 Å². The Hall–Kier alpha value is -3.18. The van der Waals surface area contributed by atoms with Crippen LogP contribution in [0.5, 0.6) is 5.75 Å². The molecule has 1 saturated carbocycles. The van der Waals surface area contributed by atoms with Crippen LogP contribution in [0.3, 0.4) is 0 Å². The second-order valence-corrected chi connectivity index (χ2v) is 8.41. The van der Waals surface area contributed by atoms with Crippen LogP contribution in [0.4, 0.5) is 30.6 Å². The molecule has 0 aromatic carbocycles. The first-order valence-electron chi connectivity index (χ1n) is 10.3. The Morgan fingerprint density at radius 3 is 2.47 bits per heavy atom. The first-order chi connectivity index (χ1) is 15.0. The molecular formula is C20H24F3N7O2. The predicted molar refractivity (Wildman–Crippen MR) is 111 cm³/mol. The lowest BCUT2D eigenvalue weighted by molar-refractivity contribution is -0.145. The van der Waals surface area contributed by atoms with Crippen molar-refractivity contribution in [2.24, 2.45) is 5.92 Å². The average molecular weight is 451 g/mol. The summed E-state index contributed by atoms with van der Waals surface area (Å²) in [7, 11) is 1.85. The minimum absolute atomic E-state index is 0.0530. The molecule has 4 rings (SSSR count). The number of anilines is 3. The van der Waals surface area contributed by atoms with E-state index in [1.807, 2.05) is 32.7 Å². The van der Waals surface area contributed by atoms with Crippen LogP contribution >= 0.6 is 0 Å². The lowest BCUT2D eigenvalue weighted by atomic mass is 9.89. The third-order valence-corrected chi connectivity index (χ3v) is 5.58. The number of carbonyl (C=O) groups is 1. The number of fused-ring (bicyclic) bond motifs is 1. The molecule has 3 heterocycles. The molecule has 1 atom stereocenters. The summed E-state index contributed by atoms with van der Waals surface area (Å²) in [6.45, 7) is 5.77. The van der Waals surface area contributed by atoms with Crippen LogP contribution < -0.4 is 20.3 Å². The molecule has 0 bridgehead atoms. The Morgan fingerprint density at radius 1 is 1.22 bits per heavy atom. The van der Waals surface area contributed by atoms with Crippen LogP contribution in [0.2, 0.25) is 0 Å². The second kappa shape index (κ2) is 8.06. The normalized spacial score (nSPS) is 22.8. The van der Waals surface area contributed by atoms with Gasteiger partial charge in [-0.2, -0.15) is 18.2 Å². The maximum absolute atomic E-state index is 12.5. The molecule has 2 N–H and O–H groups in total. The summed E-state index contributed by atoms with van der Waals surface area (Å²) in [6, 6.07) is -0.269. The second-order valence-electron chi connectivity index (χ2n) is 8.41. The minimum atomic E-state index is -4.58. The van der Waals surface area contributed by atoms with Gasteiger partial charge in [0.15, 0.2) is 11.6 Å². The summed E-state index contributed by atoms with van der Waals surface area (Å²) in [6.07, 6.45) is -1.44. The van der Waals surface area contributed by atoms with E-state index in [0.29, 0.717) is 36.0 Å². The molecule has 2 aliphatic rings. The fourth-order valence-electron chi connectivity index (χ4n) is 3.96. The smallest absolute Gasteiger partial charge is 0.451 e. The molecule has 1 aliphatic carbocycles. The van der Waals surface area contributed by atoms with Gasteiger partial charge in [-0.3, -0.25) is 4.79 Å². The number of nitrogens with one attached hydrogen (secondary N) is 2. The average Bonchev–Trinajstić information content (AvgIpc) is 2.67. The van der Waals surface area contributed by atoms with Gasteiger partial charge >= 0.3 is 6.18 Å². The van der Waals surface area contributed by atoms with E-state index in [2.05, 4.69) is 30.6 Å². The van der Waals surface area contributed by atoms with Crippen LogP contribution in [0.25, 0.3) is 0 Å². The zero-order chi connectivity index (χ0) is 23.2. The van der Waals surface area contributed by atoms with Gasteiger partial charge in [0.1, 0.15) is 17.8 Å². The third-order valence-electron chi connectivity index (χ3n) is 5.58. The Kier molecular flexibility index (Phi) is 5.55. The molecule has 12 heteroatoms. The maximum Gasteiger partial charge on any atom is 0.451 e. The summed E-state index contributed by atoms with van der Waals surface area (Å²) in [5.74, 6) is 0.144. The van der Waals surface area contributed by atoms with E-state index in [9.17, 15) is 18.0 Å². The summed E-state index contributed by atoms with van der Waals surface area (Å²) < 4.78 is 43.3. The van der Waals surface area contributed by atoms with E-state index in [1.165, 1.54) is 0 Å². The number of ether oxygens (including phenoxy) is 1. The highest BCUT2D eigenvalue weighted by atomic mass is 19.4. The minimum Gasteiger partial charge on any atom is -0.487 e. The molecule has 1 aliphatic heterocycles. The molecule has 2 aromatic heterocycles. The quantitative estimate of drug-likeness (QED) is 0.715. The van der Waals surface area contributed by atoms with E-state index in [-0.39, 0.29) is 35.8 Å². The maximum atomic E-state index is 12.5. The van der Waals surface area contributed by atoms with Crippen LogP contribution in [-0.4, -0.2) is 51.1 Å². The number of hydrogen-bond acceptors (Lipinski definition) is 8. The highest BCUT2D eigenvalue weighted by Crippen LogP contribution is 2.35. The number of aromatic nitrogens is 4. The fraction of sp³-hybridized carbons (Fsp3) is 0.550. The molecule has 2 aromatic rings. The van der Waals surface area contributed by atoms with Gasteiger partial charge in [0.2, 0.25) is 17.7 Å². The third kappa shape index (κ3) is 4.26. The largest absolute Gasteiger partial charge is 0.487 e. The topological polar surface area (TPSA) is 105 Å².